The van der Waals surface area contributed by atoms with Gasteiger partial charge in [-0.1, -0.05) is 24.3 Å². The van der Waals surface area contributed by atoms with E-state index in [4.69, 9.17) is 4.74 Å². The zero-order valence-corrected chi connectivity index (χ0v) is 13.4. The average Bonchev–Trinajstić information content (AvgIpc) is 3.38. The number of aryl methyl sites for hydroxylation is 1. The first kappa shape index (κ1) is 15.5. The second kappa shape index (κ2) is 7.27. The monoisotopic (exact) mass is 310 g/mol. The van der Waals surface area contributed by atoms with Crippen molar-refractivity contribution >= 4 is 5.91 Å². The molecule has 4 nitrogen and oxygen atoms in total. The summed E-state index contributed by atoms with van der Waals surface area (Å²) in [6.07, 6.45) is 2.66. The largest absolute Gasteiger partial charge is 0.493 e. The Labute approximate surface area is 136 Å². The summed E-state index contributed by atoms with van der Waals surface area (Å²) >= 11 is 0. The standard InChI is InChI=1S/C19H22N2O2/c1-14-6-5-9-17(20-14)19(15-10-11-15)21-18(22)12-13-23-16-7-3-2-4-8-16/h2-9,15,19H,10-13H2,1H3,(H,21,22). The average molecular weight is 310 g/mol. The van der Waals surface area contributed by atoms with E-state index >= 15 is 0 Å². The highest BCUT2D eigenvalue weighted by Gasteiger charge is 2.34. The summed E-state index contributed by atoms with van der Waals surface area (Å²) in [7, 11) is 0. The minimum atomic E-state index is 0.0149. The van der Waals surface area contributed by atoms with Gasteiger partial charge in [0.15, 0.2) is 0 Å². The molecule has 0 spiro atoms. The Morgan fingerprint density at radius 3 is 2.70 bits per heavy atom. The molecule has 1 aliphatic carbocycles. The second-order valence-electron chi connectivity index (χ2n) is 6.00. The number of pyridine rings is 1. The molecule has 3 rings (SSSR count). The van der Waals surface area contributed by atoms with E-state index < -0.39 is 0 Å². The Morgan fingerprint density at radius 2 is 2.00 bits per heavy atom. The number of carbonyl (C=O) groups excluding carboxylic acids is 1. The number of nitrogens with one attached hydrogen (secondary N) is 1. The number of benzene rings is 1. The fraction of sp³-hybridized carbons (Fsp3) is 0.368. The molecule has 1 atom stereocenters. The molecule has 1 fully saturated rings. The molecule has 1 saturated carbocycles. The molecule has 1 N–H and O–H groups in total. The third-order valence-corrected chi connectivity index (χ3v) is 3.98. The van der Waals surface area contributed by atoms with E-state index in [0.29, 0.717) is 18.9 Å². The summed E-state index contributed by atoms with van der Waals surface area (Å²) in [5, 5.41) is 3.13. The summed E-state index contributed by atoms with van der Waals surface area (Å²) in [5.41, 5.74) is 1.94. The highest BCUT2D eigenvalue weighted by molar-refractivity contribution is 5.76. The number of hydrogen-bond acceptors (Lipinski definition) is 3. The van der Waals surface area contributed by atoms with Gasteiger partial charge in [0.1, 0.15) is 5.75 Å². The van der Waals surface area contributed by atoms with E-state index in [1.807, 2.05) is 55.5 Å². The van der Waals surface area contributed by atoms with Crippen LogP contribution in [0.2, 0.25) is 0 Å². The maximum Gasteiger partial charge on any atom is 0.223 e. The molecule has 1 aromatic carbocycles. The summed E-state index contributed by atoms with van der Waals surface area (Å²) < 4.78 is 5.58. The molecule has 0 bridgehead atoms. The molecule has 1 amide bonds. The Kier molecular flexibility index (Phi) is 4.91. The highest BCUT2D eigenvalue weighted by atomic mass is 16.5. The summed E-state index contributed by atoms with van der Waals surface area (Å²) in [5.74, 6) is 1.32. The van der Waals surface area contributed by atoms with Crippen molar-refractivity contribution in [2.45, 2.75) is 32.2 Å². The number of ether oxygens (including phenoxy) is 1. The van der Waals surface area contributed by atoms with Gasteiger partial charge in [-0.25, -0.2) is 0 Å². The minimum absolute atomic E-state index is 0.0149. The van der Waals surface area contributed by atoms with Gasteiger partial charge < -0.3 is 10.1 Å². The van der Waals surface area contributed by atoms with Gasteiger partial charge in [0.25, 0.3) is 0 Å². The number of para-hydroxylation sites is 1. The molecule has 0 aliphatic heterocycles. The lowest BCUT2D eigenvalue weighted by molar-refractivity contribution is -0.122. The Morgan fingerprint density at radius 1 is 1.22 bits per heavy atom. The lowest BCUT2D eigenvalue weighted by Gasteiger charge is -2.18. The first-order valence-corrected chi connectivity index (χ1v) is 8.13. The van der Waals surface area contributed by atoms with Crippen LogP contribution in [0, 0.1) is 12.8 Å². The predicted molar refractivity (Wildman–Crippen MR) is 89.1 cm³/mol. The van der Waals surface area contributed by atoms with Gasteiger partial charge in [-0.05, 0) is 49.9 Å². The summed E-state index contributed by atoms with van der Waals surface area (Å²) in [4.78, 5) is 16.8. The molecule has 1 heterocycles. The van der Waals surface area contributed by atoms with Gasteiger partial charge >= 0.3 is 0 Å². The smallest absolute Gasteiger partial charge is 0.223 e. The second-order valence-corrected chi connectivity index (χ2v) is 6.00. The van der Waals surface area contributed by atoms with E-state index in [0.717, 1.165) is 30.0 Å². The van der Waals surface area contributed by atoms with Crippen LogP contribution < -0.4 is 10.1 Å². The fourth-order valence-corrected chi connectivity index (χ4v) is 2.62. The van der Waals surface area contributed by atoms with Gasteiger partial charge in [0.05, 0.1) is 24.8 Å². The van der Waals surface area contributed by atoms with Crippen molar-refractivity contribution in [2.24, 2.45) is 5.92 Å². The van der Waals surface area contributed by atoms with Crippen molar-refractivity contribution in [3.05, 3.63) is 59.9 Å². The summed E-state index contributed by atoms with van der Waals surface area (Å²) in [6, 6.07) is 15.6. The van der Waals surface area contributed by atoms with Crippen molar-refractivity contribution in [1.29, 1.82) is 0 Å². The molecule has 1 unspecified atom stereocenters. The lowest BCUT2D eigenvalue weighted by atomic mass is 10.1. The third-order valence-electron chi connectivity index (χ3n) is 3.98. The topological polar surface area (TPSA) is 51.2 Å². The number of rotatable bonds is 7. The van der Waals surface area contributed by atoms with Crippen LogP contribution in [0.25, 0.3) is 0 Å². The van der Waals surface area contributed by atoms with E-state index in [9.17, 15) is 4.79 Å². The number of aromatic nitrogens is 1. The minimum Gasteiger partial charge on any atom is -0.493 e. The summed E-state index contributed by atoms with van der Waals surface area (Å²) in [6.45, 7) is 2.36. The number of nitrogens with zero attached hydrogens (tertiary/aromatic N) is 1. The van der Waals surface area contributed by atoms with Crippen molar-refractivity contribution in [1.82, 2.24) is 10.3 Å². The van der Waals surface area contributed by atoms with Gasteiger partial charge in [0, 0.05) is 5.69 Å². The normalized spacial score (nSPS) is 15.0. The molecular weight excluding hydrogens is 288 g/mol. The van der Waals surface area contributed by atoms with Crippen molar-refractivity contribution in [3.8, 4) is 5.75 Å². The zero-order chi connectivity index (χ0) is 16.1. The third kappa shape index (κ3) is 4.55. The van der Waals surface area contributed by atoms with Crippen LogP contribution in [0.3, 0.4) is 0 Å². The van der Waals surface area contributed by atoms with Crippen LogP contribution in [0.5, 0.6) is 5.75 Å². The zero-order valence-electron chi connectivity index (χ0n) is 13.4. The van der Waals surface area contributed by atoms with Gasteiger partial charge in [-0.3, -0.25) is 9.78 Å². The maximum absolute atomic E-state index is 12.2. The number of hydrogen-bond donors (Lipinski definition) is 1. The van der Waals surface area contributed by atoms with Crippen molar-refractivity contribution < 1.29 is 9.53 Å². The van der Waals surface area contributed by atoms with Crippen LogP contribution in [0.4, 0.5) is 0 Å². The van der Waals surface area contributed by atoms with Crippen molar-refractivity contribution in [2.75, 3.05) is 6.61 Å². The predicted octanol–water partition coefficient (Wildman–Crippen LogP) is 3.43. The molecule has 0 saturated heterocycles. The molecule has 2 aromatic rings. The van der Waals surface area contributed by atoms with Crippen LogP contribution in [0.15, 0.2) is 48.5 Å². The van der Waals surface area contributed by atoms with E-state index in [2.05, 4.69) is 10.3 Å². The first-order chi connectivity index (χ1) is 11.2. The maximum atomic E-state index is 12.2. The van der Waals surface area contributed by atoms with Gasteiger partial charge in [0.2, 0.25) is 5.91 Å². The number of carbonyl (C=O) groups is 1. The van der Waals surface area contributed by atoms with Crippen molar-refractivity contribution in [3.63, 3.8) is 0 Å². The fourth-order valence-electron chi connectivity index (χ4n) is 2.62. The van der Waals surface area contributed by atoms with E-state index in [1.54, 1.807) is 0 Å². The number of amides is 1. The van der Waals surface area contributed by atoms with Crippen LogP contribution >= 0.6 is 0 Å². The van der Waals surface area contributed by atoms with Crippen LogP contribution in [0.1, 0.15) is 36.7 Å². The lowest BCUT2D eigenvalue weighted by Crippen LogP contribution is -2.31. The molecule has 1 aliphatic rings. The van der Waals surface area contributed by atoms with Gasteiger partial charge in [-0.2, -0.15) is 0 Å². The SMILES string of the molecule is Cc1cccc(C(NC(=O)CCOc2ccccc2)C2CC2)n1. The Balaban J connectivity index is 1.53. The van der Waals surface area contributed by atoms with E-state index in [-0.39, 0.29) is 11.9 Å². The molecule has 120 valence electrons. The highest BCUT2D eigenvalue weighted by Crippen LogP contribution is 2.40. The van der Waals surface area contributed by atoms with Crippen LogP contribution in [-0.4, -0.2) is 17.5 Å². The quantitative estimate of drug-likeness (QED) is 0.852. The molecule has 0 radical (unpaired) electrons. The Hall–Kier alpha value is -2.36. The van der Waals surface area contributed by atoms with Gasteiger partial charge in [-0.15, -0.1) is 0 Å². The molecular formula is C19H22N2O2. The Bertz CT molecular complexity index is 653. The molecule has 23 heavy (non-hydrogen) atoms. The van der Waals surface area contributed by atoms with Crippen LogP contribution in [-0.2, 0) is 4.79 Å². The molecule has 1 aromatic heterocycles. The first-order valence-electron chi connectivity index (χ1n) is 8.13. The van der Waals surface area contributed by atoms with E-state index in [1.165, 1.54) is 0 Å². The molecule has 4 heteroatoms.